The number of halogens is 1. The van der Waals surface area contributed by atoms with Gasteiger partial charge in [-0.25, -0.2) is 13.1 Å². The fourth-order valence-electron chi connectivity index (χ4n) is 1.70. The average molecular weight is 276 g/mol. The fraction of sp³-hybridized carbons (Fsp3) is 0.500. The maximum absolute atomic E-state index is 11.8. The normalized spacial score (nSPS) is 13.6. The van der Waals surface area contributed by atoms with Crippen LogP contribution in [0.2, 0.25) is 0 Å². The van der Waals surface area contributed by atoms with Crippen LogP contribution in [0.15, 0.2) is 29.2 Å². The fourth-order valence-corrected chi connectivity index (χ4v) is 3.06. The van der Waals surface area contributed by atoms with E-state index in [1.54, 1.807) is 12.1 Å². The first kappa shape index (κ1) is 14.5. The van der Waals surface area contributed by atoms with Crippen LogP contribution in [-0.2, 0) is 16.4 Å². The Hall–Kier alpha value is -0.580. The van der Waals surface area contributed by atoms with E-state index in [-0.39, 0.29) is 5.38 Å². The Bertz CT molecular complexity index is 459. The topological polar surface area (TPSA) is 46.2 Å². The number of nitrogens with one attached hydrogen (secondary N) is 1. The second kappa shape index (κ2) is 6.38. The molecule has 0 fully saturated rings. The van der Waals surface area contributed by atoms with E-state index in [1.165, 1.54) is 7.05 Å². The van der Waals surface area contributed by atoms with E-state index in [0.717, 1.165) is 18.4 Å². The Balaban J connectivity index is 3.01. The SMILES string of the molecule is CCCC(Cl)Cc1ccccc1S(=O)(=O)NC. The van der Waals surface area contributed by atoms with Gasteiger partial charge in [-0.2, -0.15) is 0 Å². The van der Waals surface area contributed by atoms with Crippen LogP contribution in [0.5, 0.6) is 0 Å². The van der Waals surface area contributed by atoms with Crippen LogP contribution in [0, 0.1) is 0 Å². The maximum Gasteiger partial charge on any atom is 0.240 e. The number of hydrogen-bond acceptors (Lipinski definition) is 2. The molecular weight excluding hydrogens is 258 g/mol. The van der Waals surface area contributed by atoms with Crippen molar-refractivity contribution in [3.05, 3.63) is 29.8 Å². The third kappa shape index (κ3) is 3.98. The van der Waals surface area contributed by atoms with E-state index < -0.39 is 10.0 Å². The van der Waals surface area contributed by atoms with Gasteiger partial charge in [0.25, 0.3) is 0 Å². The molecule has 3 nitrogen and oxygen atoms in total. The molecule has 1 N–H and O–H groups in total. The third-order valence-electron chi connectivity index (χ3n) is 2.57. The minimum absolute atomic E-state index is 0.0202. The summed E-state index contributed by atoms with van der Waals surface area (Å²) in [6.45, 7) is 2.06. The predicted octanol–water partition coefficient (Wildman–Crippen LogP) is 2.54. The van der Waals surface area contributed by atoms with Gasteiger partial charge in [0.05, 0.1) is 4.90 Å². The standard InChI is InChI=1S/C12H18ClNO2S/c1-3-6-11(13)9-10-7-4-5-8-12(10)17(15,16)14-2/h4-5,7-8,11,14H,3,6,9H2,1-2H3. The first-order valence-corrected chi connectivity index (χ1v) is 7.58. The van der Waals surface area contributed by atoms with E-state index in [9.17, 15) is 8.42 Å². The summed E-state index contributed by atoms with van der Waals surface area (Å²) in [5.41, 5.74) is 0.773. The largest absolute Gasteiger partial charge is 0.240 e. The van der Waals surface area contributed by atoms with Gasteiger partial charge >= 0.3 is 0 Å². The molecule has 1 aromatic rings. The Morgan fingerprint density at radius 3 is 2.59 bits per heavy atom. The molecule has 0 saturated carbocycles. The van der Waals surface area contributed by atoms with Gasteiger partial charge < -0.3 is 0 Å². The second-order valence-electron chi connectivity index (χ2n) is 3.91. The number of alkyl halides is 1. The lowest BCUT2D eigenvalue weighted by molar-refractivity contribution is 0.586. The molecule has 1 atom stereocenters. The van der Waals surface area contributed by atoms with Gasteiger partial charge in [0.15, 0.2) is 0 Å². The van der Waals surface area contributed by atoms with Gasteiger partial charge in [0, 0.05) is 5.38 Å². The van der Waals surface area contributed by atoms with Crippen molar-refractivity contribution in [1.29, 1.82) is 0 Å². The molecule has 0 bridgehead atoms. The van der Waals surface area contributed by atoms with Crippen LogP contribution < -0.4 is 4.72 Å². The maximum atomic E-state index is 11.8. The van der Waals surface area contributed by atoms with Crippen LogP contribution >= 0.6 is 11.6 Å². The molecule has 96 valence electrons. The molecule has 0 saturated heterocycles. The molecule has 0 amide bonds. The number of rotatable bonds is 6. The Morgan fingerprint density at radius 1 is 1.35 bits per heavy atom. The van der Waals surface area contributed by atoms with Crippen LogP contribution in [0.1, 0.15) is 25.3 Å². The lowest BCUT2D eigenvalue weighted by Crippen LogP contribution is -2.21. The highest BCUT2D eigenvalue weighted by Gasteiger charge is 2.17. The van der Waals surface area contributed by atoms with Crippen molar-refractivity contribution in [3.63, 3.8) is 0 Å². The summed E-state index contributed by atoms with van der Waals surface area (Å²) in [4.78, 5) is 0.323. The summed E-state index contributed by atoms with van der Waals surface area (Å²) in [6.07, 6.45) is 2.46. The van der Waals surface area contributed by atoms with Crippen LogP contribution in [0.25, 0.3) is 0 Å². The number of benzene rings is 1. The Labute approximate surface area is 108 Å². The molecule has 0 aromatic heterocycles. The van der Waals surface area contributed by atoms with E-state index >= 15 is 0 Å². The monoisotopic (exact) mass is 275 g/mol. The van der Waals surface area contributed by atoms with Crippen molar-refractivity contribution in [1.82, 2.24) is 4.72 Å². The van der Waals surface area contributed by atoms with Gasteiger partial charge in [-0.15, -0.1) is 11.6 Å². The summed E-state index contributed by atoms with van der Waals surface area (Å²) >= 11 is 6.17. The van der Waals surface area contributed by atoms with Crippen LogP contribution in [0.4, 0.5) is 0 Å². The van der Waals surface area contributed by atoms with Gasteiger partial charge in [-0.05, 0) is 31.5 Å². The minimum atomic E-state index is -3.40. The lowest BCUT2D eigenvalue weighted by Gasteiger charge is -2.12. The Kier molecular flexibility index (Phi) is 5.43. The van der Waals surface area contributed by atoms with Gasteiger partial charge in [0.1, 0.15) is 0 Å². The highest BCUT2D eigenvalue weighted by Crippen LogP contribution is 2.20. The molecular formula is C12H18ClNO2S. The third-order valence-corrected chi connectivity index (χ3v) is 4.46. The quantitative estimate of drug-likeness (QED) is 0.811. The molecule has 0 heterocycles. The van der Waals surface area contributed by atoms with Gasteiger partial charge in [-0.3, -0.25) is 0 Å². The zero-order valence-corrected chi connectivity index (χ0v) is 11.7. The smallest absolute Gasteiger partial charge is 0.214 e. The summed E-state index contributed by atoms with van der Waals surface area (Å²) in [5.74, 6) is 0. The Morgan fingerprint density at radius 2 is 2.00 bits per heavy atom. The second-order valence-corrected chi connectivity index (χ2v) is 6.38. The van der Waals surface area contributed by atoms with Crippen molar-refractivity contribution < 1.29 is 8.42 Å². The summed E-state index contributed by atoms with van der Waals surface area (Å²) in [6, 6.07) is 6.97. The average Bonchev–Trinajstić information content (AvgIpc) is 2.30. The van der Waals surface area contributed by atoms with E-state index in [4.69, 9.17) is 11.6 Å². The van der Waals surface area contributed by atoms with Crippen LogP contribution in [0.3, 0.4) is 0 Å². The highest BCUT2D eigenvalue weighted by atomic mass is 35.5. The highest BCUT2D eigenvalue weighted by molar-refractivity contribution is 7.89. The first-order chi connectivity index (χ1) is 8.01. The molecule has 17 heavy (non-hydrogen) atoms. The summed E-state index contributed by atoms with van der Waals surface area (Å²) < 4.78 is 25.9. The van der Waals surface area contributed by atoms with Gasteiger partial charge in [0.2, 0.25) is 10.0 Å². The van der Waals surface area contributed by atoms with Crippen molar-refractivity contribution in [3.8, 4) is 0 Å². The molecule has 0 aliphatic rings. The molecule has 1 aromatic carbocycles. The molecule has 0 radical (unpaired) electrons. The zero-order valence-electron chi connectivity index (χ0n) is 10.1. The van der Waals surface area contributed by atoms with Gasteiger partial charge in [-0.1, -0.05) is 31.5 Å². The number of sulfonamides is 1. The molecule has 0 aliphatic carbocycles. The van der Waals surface area contributed by atoms with E-state index in [1.807, 2.05) is 12.1 Å². The number of hydrogen-bond donors (Lipinski definition) is 1. The zero-order chi connectivity index (χ0) is 12.9. The van der Waals surface area contributed by atoms with Crippen molar-refractivity contribution >= 4 is 21.6 Å². The van der Waals surface area contributed by atoms with E-state index in [0.29, 0.717) is 11.3 Å². The predicted molar refractivity (Wildman–Crippen MR) is 70.9 cm³/mol. The lowest BCUT2D eigenvalue weighted by atomic mass is 10.1. The minimum Gasteiger partial charge on any atom is -0.214 e. The first-order valence-electron chi connectivity index (χ1n) is 5.66. The molecule has 5 heteroatoms. The summed E-state index contributed by atoms with van der Waals surface area (Å²) in [5, 5.41) is -0.0202. The van der Waals surface area contributed by atoms with Crippen LogP contribution in [-0.4, -0.2) is 20.8 Å². The molecule has 1 unspecified atom stereocenters. The molecule has 1 rings (SSSR count). The van der Waals surface area contributed by atoms with Crippen molar-refractivity contribution in [2.24, 2.45) is 0 Å². The van der Waals surface area contributed by atoms with Crippen molar-refractivity contribution in [2.75, 3.05) is 7.05 Å². The van der Waals surface area contributed by atoms with E-state index in [2.05, 4.69) is 11.6 Å². The molecule has 0 spiro atoms. The molecule has 0 aliphatic heterocycles. The van der Waals surface area contributed by atoms with Crippen molar-refractivity contribution in [2.45, 2.75) is 36.5 Å². The summed E-state index contributed by atoms with van der Waals surface area (Å²) in [7, 11) is -1.99.